The highest BCUT2D eigenvalue weighted by atomic mass is 16.6. The van der Waals surface area contributed by atoms with Gasteiger partial charge in [0.05, 0.1) is 11.0 Å². The molecule has 5 nitrogen and oxygen atoms in total. The summed E-state index contributed by atoms with van der Waals surface area (Å²) in [4.78, 5) is 10.5. The van der Waals surface area contributed by atoms with E-state index >= 15 is 0 Å². The molecule has 0 amide bonds. The number of aliphatic hydroxyl groups excluding tert-OH is 1. The van der Waals surface area contributed by atoms with E-state index in [-0.39, 0.29) is 22.6 Å². The molecule has 0 fully saturated rings. The number of aryl methyl sites for hydroxylation is 1. The molecule has 0 aliphatic carbocycles. The fraction of sp³-hybridized carbons (Fsp3) is 0.571. The van der Waals surface area contributed by atoms with Gasteiger partial charge in [-0.2, -0.15) is 0 Å². The highest BCUT2D eigenvalue weighted by molar-refractivity contribution is 5.42. The molecule has 106 valence electrons. The van der Waals surface area contributed by atoms with Crippen LogP contribution in [0.3, 0.4) is 0 Å². The van der Waals surface area contributed by atoms with E-state index in [1.165, 1.54) is 0 Å². The predicted octanol–water partition coefficient (Wildman–Crippen LogP) is 2.40. The molecule has 0 aliphatic rings. The summed E-state index contributed by atoms with van der Waals surface area (Å²) in [5.74, 6) is 0.250. The molecule has 2 N–H and O–H groups in total. The van der Waals surface area contributed by atoms with Crippen LogP contribution >= 0.6 is 0 Å². The zero-order valence-corrected chi connectivity index (χ0v) is 11.7. The highest BCUT2D eigenvalue weighted by Gasteiger charge is 2.13. The summed E-state index contributed by atoms with van der Waals surface area (Å²) in [6.45, 7) is 6.79. The largest absolute Gasteiger partial charge is 0.392 e. The smallest absolute Gasteiger partial charge is 0.272 e. The lowest BCUT2D eigenvalue weighted by molar-refractivity contribution is -0.385. The number of nitrogens with one attached hydrogen (secondary N) is 1. The second kappa shape index (κ2) is 7.21. The average Bonchev–Trinajstić information content (AvgIpc) is 2.39. The first-order valence-corrected chi connectivity index (χ1v) is 6.58. The molecule has 5 heteroatoms. The predicted molar refractivity (Wildman–Crippen MR) is 75.0 cm³/mol. The van der Waals surface area contributed by atoms with Crippen molar-refractivity contribution in [1.29, 1.82) is 0 Å². The normalized spacial score (nSPS) is 14.1. The van der Waals surface area contributed by atoms with Gasteiger partial charge in [-0.05, 0) is 18.4 Å². The molecule has 0 heterocycles. The maximum atomic E-state index is 10.8. The van der Waals surface area contributed by atoms with E-state index in [9.17, 15) is 15.2 Å². The van der Waals surface area contributed by atoms with Crippen LogP contribution in [-0.4, -0.2) is 22.7 Å². The van der Waals surface area contributed by atoms with Crippen molar-refractivity contribution in [3.8, 4) is 0 Å². The molecule has 0 aliphatic heterocycles. The minimum absolute atomic E-state index is 0.141. The lowest BCUT2D eigenvalue weighted by Gasteiger charge is -2.17. The van der Waals surface area contributed by atoms with Crippen molar-refractivity contribution in [3.63, 3.8) is 0 Å². The molecule has 1 aromatic carbocycles. The van der Waals surface area contributed by atoms with Crippen molar-refractivity contribution in [3.05, 3.63) is 39.4 Å². The van der Waals surface area contributed by atoms with Crippen LogP contribution < -0.4 is 5.32 Å². The highest BCUT2D eigenvalue weighted by Crippen LogP contribution is 2.19. The standard InChI is InChI=1S/C14H22N2O3/c1-4-10(2)14(17)9-15-8-12-6-5-11(3)13(7-12)16(18)19/h5-7,10,14-15,17H,4,8-9H2,1-3H3. The van der Waals surface area contributed by atoms with Gasteiger partial charge >= 0.3 is 0 Å². The van der Waals surface area contributed by atoms with Gasteiger partial charge in [0.1, 0.15) is 0 Å². The summed E-state index contributed by atoms with van der Waals surface area (Å²) in [6.07, 6.45) is 0.546. The number of benzene rings is 1. The Bertz CT molecular complexity index is 435. The maximum absolute atomic E-state index is 10.8. The van der Waals surface area contributed by atoms with E-state index in [2.05, 4.69) is 5.32 Å². The Labute approximate surface area is 113 Å². The molecular weight excluding hydrogens is 244 g/mol. The number of nitro groups is 1. The monoisotopic (exact) mass is 266 g/mol. The van der Waals surface area contributed by atoms with Crippen LogP contribution in [0.2, 0.25) is 0 Å². The number of rotatable bonds is 7. The third kappa shape index (κ3) is 4.61. The van der Waals surface area contributed by atoms with Crippen LogP contribution in [0.1, 0.15) is 31.4 Å². The van der Waals surface area contributed by atoms with Gasteiger partial charge in [0.2, 0.25) is 0 Å². The average molecular weight is 266 g/mol. The van der Waals surface area contributed by atoms with E-state index in [0.29, 0.717) is 18.7 Å². The van der Waals surface area contributed by atoms with Crippen LogP contribution in [0.25, 0.3) is 0 Å². The lowest BCUT2D eigenvalue weighted by Crippen LogP contribution is -2.31. The van der Waals surface area contributed by atoms with E-state index in [0.717, 1.165) is 12.0 Å². The molecule has 0 radical (unpaired) electrons. The zero-order valence-electron chi connectivity index (χ0n) is 11.7. The molecule has 1 rings (SSSR count). The SMILES string of the molecule is CCC(C)C(O)CNCc1ccc(C)c([N+](=O)[O-])c1. The van der Waals surface area contributed by atoms with Crippen LogP contribution in [-0.2, 0) is 6.54 Å². The van der Waals surface area contributed by atoms with E-state index < -0.39 is 0 Å². The number of hydrogen-bond donors (Lipinski definition) is 2. The van der Waals surface area contributed by atoms with E-state index in [4.69, 9.17) is 0 Å². The summed E-state index contributed by atoms with van der Waals surface area (Å²) in [5, 5.41) is 23.8. The number of hydrogen-bond acceptors (Lipinski definition) is 4. The molecule has 0 aromatic heterocycles. The second-order valence-electron chi connectivity index (χ2n) is 4.96. The Morgan fingerprint density at radius 2 is 2.16 bits per heavy atom. The van der Waals surface area contributed by atoms with Gasteiger partial charge in [0.25, 0.3) is 5.69 Å². The quantitative estimate of drug-likeness (QED) is 0.587. The molecule has 2 unspecified atom stereocenters. The van der Waals surface area contributed by atoms with Crippen molar-refractivity contribution in [1.82, 2.24) is 5.32 Å². The molecule has 19 heavy (non-hydrogen) atoms. The van der Waals surface area contributed by atoms with Crippen LogP contribution in [0.4, 0.5) is 5.69 Å². The third-order valence-corrected chi connectivity index (χ3v) is 3.45. The van der Waals surface area contributed by atoms with Gasteiger partial charge in [-0.15, -0.1) is 0 Å². The Balaban J connectivity index is 2.54. The van der Waals surface area contributed by atoms with Gasteiger partial charge in [-0.25, -0.2) is 0 Å². The van der Waals surface area contributed by atoms with Gasteiger partial charge in [0.15, 0.2) is 0 Å². The number of nitrogens with zero attached hydrogens (tertiary/aromatic N) is 1. The van der Waals surface area contributed by atoms with Crippen molar-refractivity contribution in [2.24, 2.45) is 5.92 Å². The molecule has 0 saturated heterocycles. The maximum Gasteiger partial charge on any atom is 0.272 e. The summed E-state index contributed by atoms with van der Waals surface area (Å²) in [6, 6.07) is 5.20. The van der Waals surface area contributed by atoms with Gasteiger partial charge in [0, 0.05) is 24.7 Å². The first-order chi connectivity index (χ1) is 8.95. The minimum atomic E-state index is -0.384. The Kier molecular flexibility index (Phi) is 5.92. The fourth-order valence-corrected chi connectivity index (χ4v) is 1.80. The second-order valence-corrected chi connectivity index (χ2v) is 4.96. The van der Waals surface area contributed by atoms with Crippen LogP contribution in [0, 0.1) is 23.0 Å². The van der Waals surface area contributed by atoms with Gasteiger partial charge < -0.3 is 10.4 Å². The summed E-state index contributed by atoms with van der Waals surface area (Å²) < 4.78 is 0. The van der Waals surface area contributed by atoms with Crippen molar-refractivity contribution >= 4 is 5.69 Å². The first-order valence-electron chi connectivity index (χ1n) is 6.58. The Morgan fingerprint density at radius 1 is 1.47 bits per heavy atom. The summed E-state index contributed by atoms with van der Waals surface area (Å²) >= 11 is 0. The molecule has 1 aromatic rings. The summed E-state index contributed by atoms with van der Waals surface area (Å²) in [7, 11) is 0. The van der Waals surface area contributed by atoms with Crippen molar-refractivity contribution < 1.29 is 10.0 Å². The molecule has 0 bridgehead atoms. The minimum Gasteiger partial charge on any atom is -0.392 e. The van der Waals surface area contributed by atoms with Gasteiger partial charge in [-0.3, -0.25) is 10.1 Å². The lowest BCUT2D eigenvalue weighted by atomic mass is 10.0. The number of nitro benzene ring substituents is 1. The van der Waals surface area contributed by atoms with Crippen LogP contribution in [0.15, 0.2) is 18.2 Å². The fourth-order valence-electron chi connectivity index (χ4n) is 1.80. The van der Waals surface area contributed by atoms with E-state index in [1.54, 1.807) is 19.1 Å². The van der Waals surface area contributed by atoms with Crippen molar-refractivity contribution in [2.45, 2.75) is 39.8 Å². The Morgan fingerprint density at radius 3 is 2.74 bits per heavy atom. The molecular formula is C14H22N2O3. The first kappa shape index (κ1) is 15.6. The summed E-state index contributed by atoms with van der Waals surface area (Å²) in [5.41, 5.74) is 1.66. The van der Waals surface area contributed by atoms with Crippen LogP contribution in [0.5, 0.6) is 0 Å². The number of aliphatic hydroxyl groups is 1. The molecule has 0 saturated carbocycles. The third-order valence-electron chi connectivity index (χ3n) is 3.45. The Hall–Kier alpha value is -1.46. The zero-order chi connectivity index (χ0) is 14.4. The van der Waals surface area contributed by atoms with Gasteiger partial charge in [-0.1, -0.05) is 32.4 Å². The molecule has 0 spiro atoms. The topological polar surface area (TPSA) is 75.4 Å². The van der Waals surface area contributed by atoms with E-state index in [1.807, 2.05) is 19.9 Å². The van der Waals surface area contributed by atoms with Crippen molar-refractivity contribution in [2.75, 3.05) is 6.54 Å². The molecule has 2 atom stereocenters.